The van der Waals surface area contributed by atoms with E-state index in [4.69, 9.17) is 39.8 Å². The average molecular weight is 548 g/mol. The van der Waals surface area contributed by atoms with E-state index in [1.807, 2.05) is 12.1 Å². The average Bonchev–Trinajstić information content (AvgIpc) is 2.75. The Balaban J connectivity index is 1.53. The number of halogens is 3. The Morgan fingerprint density at radius 2 is 1.72 bits per heavy atom. The van der Waals surface area contributed by atoms with Gasteiger partial charge in [-0.3, -0.25) is 10.1 Å². The van der Waals surface area contributed by atoms with Crippen molar-refractivity contribution in [2.45, 2.75) is 0 Å². The van der Waals surface area contributed by atoms with Crippen LogP contribution in [0, 0.1) is 0 Å². The van der Waals surface area contributed by atoms with Crippen LogP contribution in [0.3, 0.4) is 0 Å². The van der Waals surface area contributed by atoms with Crippen molar-refractivity contribution < 1.29 is 9.21 Å². The fraction of sp³-hybridized carbons (Fsp3) is 0. The Kier molecular flexibility index (Phi) is 6.62. The molecule has 0 radical (unpaired) electrons. The van der Waals surface area contributed by atoms with Gasteiger partial charge in [-0.05, 0) is 54.7 Å². The molecule has 0 unspecified atom stereocenters. The minimum atomic E-state index is -0.486. The molecular formula is C23H13BrCl2N2O3S. The molecule has 32 heavy (non-hydrogen) atoms. The van der Waals surface area contributed by atoms with Crippen molar-refractivity contribution >= 4 is 79.0 Å². The van der Waals surface area contributed by atoms with Gasteiger partial charge in [-0.25, -0.2) is 4.79 Å². The summed E-state index contributed by atoms with van der Waals surface area (Å²) in [4.78, 5) is 24.9. The van der Waals surface area contributed by atoms with Crippen LogP contribution in [0.2, 0.25) is 10.0 Å². The minimum absolute atomic E-state index is 0.0695. The molecule has 0 aliphatic rings. The summed E-state index contributed by atoms with van der Waals surface area (Å²) in [5, 5.41) is 6.95. The van der Waals surface area contributed by atoms with Gasteiger partial charge in [0.2, 0.25) is 0 Å². The predicted molar refractivity (Wildman–Crippen MR) is 136 cm³/mol. The van der Waals surface area contributed by atoms with E-state index in [2.05, 4.69) is 26.6 Å². The SMILES string of the molecule is O=C(NC(=S)Nc1ccc(-c2cc3ccccc3oc2=O)c(Cl)c1)c1cc(Br)ccc1Cl. The highest BCUT2D eigenvalue weighted by molar-refractivity contribution is 9.10. The van der Waals surface area contributed by atoms with E-state index in [9.17, 15) is 9.59 Å². The predicted octanol–water partition coefficient (Wildman–Crippen LogP) is 6.66. The summed E-state index contributed by atoms with van der Waals surface area (Å²) in [5.41, 5.74) is 1.70. The number of fused-ring (bicyclic) bond motifs is 1. The summed E-state index contributed by atoms with van der Waals surface area (Å²) in [6, 6.07) is 18.9. The molecule has 1 aromatic heterocycles. The van der Waals surface area contributed by atoms with Gasteiger partial charge in [-0.1, -0.05) is 63.4 Å². The Labute approximate surface area is 206 Å². The topological polar surface area (TPSA) is 71.3 Å². The summed E-state index contributed by atoms with van der Waals surface area (Å²) in [6.07, 6.45) is 0. The second-order valence-corrected chi connectivity index (χ2v) is 8.85. The molecule has 2 N–H and O–H groups in total. The fourth-order valence-corrected chi connectivity index (χ4v) is 4.12. The van der Waals surface area contributed by atoms with Crippen LogP contribution >= 0.6 is 51.3 Å². The largest absolute Gasteiger partial charge is 0.422 e. The highest BCUT2D eigenvalue weighted by atomic mass is 79.9. The number of para-hydroxylation sites is 1. The van der Waals surface area contributed by atoms with Gasteiger partial charge in [-0.2, -0.15) is 0 Å². The third kappa shape index (κ3) is 4.86. The van der Waals surface area contributed by atoms with E-state index >= 15 is 0 Å². The van der Waals surface area contributed by atoms with Gasteiger partial charge in [0.15, 0.2) is 5.11 Å². The van der Waals surface area contributed by atoms with Crippen LogP contribution in [0.4, 0.5) is 5.69 Å². The number of carbonyl (C=O) groups excluding carboxylic acids is 1. The molecule has 4 rings (SSSR count). The first kappa shape index (κ1) is 22.5. The lowest BCUT2D eigenvalue weighted by molar-refractivity contribution is 0.0978. The summed E-state index contributed by atoms with van der Waals surface area (Å²) in [7, 11) is 0. The second-order valence-electron chi connectivity index (χ2n) is 6.71. The monoisotopic (exact) mass is 546 g/mol. The van der Waals surface area contributed by atoms with Gasteiger partial charge in [-0.15, -0.1) is 0 Å². The van der Waals surface area contributed by atoms with Crippen LogP contribution in [-0.4, -0.2) is 11.0 Å². The first-order chi connectivity index (χ1) is 15.3. The molecule has 0 fully saturated rings. The number of nitrogens with one attached hydrogen (secondary N) is 2. The lowest BCUT2D eigenvalue weighted by atomic mass is 10.1. The highest BCUT2D eigenvalue weighted by Crippen LogP contribution is 2.30. The van der Waals surface area contributed by atoms with Crippen molar-refractivity contribution in [2.75, 3.05) is 5.32 Å². The molecule has 3 aromatic carbocycles. The number of amides is 1. The van der Waals surface area contributed by atoms with Crippen molar-refractivity contribution in [1.29, 1.82) is 0 Å². The molecule has 0 saturated carbocycles. The van der Waals surface area contributed by atoms with Crippen LogP contribution < -0.4 is 16.3 Å². The van der Waals surface area contributed by atoms with Crippen molar-refractivity contribution in [1.82, 2.24) is 5.32 Å². The molecule has 0 spiro atoms. The van der Waals surface area contributed by atoms with Gasteiger partial charge < -0.3 is 9.73 Å². The van der Waals surface area contributed by atoms with Crippen LogP contribution in [0.25, 0.3) is 22.1 Å². The van der Waals surface area contributed by atoms with Crippen LogP contribution in [0.15, 0.2) is 80.4 Å². The molecule has 0 bridgehead atoms. The zero-order chi connectivity index (χ0) is 22.8. The maximum absolute atomic E-state index is 12.5. The summed E-state index contributed by atoms with van der Waals surface area (Å²) in [6.45, 7) is 0. The van der Waals surface area contributed by atoms with Crippen molar-refractivity contribution in [3.63, 3.8) is 0 Å². The van der Waals surface area contributed by atoms with Crippen LogP contribution in [0.5, 0.6) is 0 Å². The standard InChI is InChI=1S/C23H13BrCl2N2O3S/c24-13-5-8-18(25)17(10-13)21(29)28-23(32)27-14-6-7-15(19(26)11-14)16-9-12-3-1-2-4-20(12)31-22(16)30/h1-11H,(H2,27,28,29,32). The maximum atomic E-state index is 12.5. The number of benzene rings is 3. The Hall–Kier alpha value is -2.71. The number of anilines is 1. The van der Waals surface area contributed by atoms with Crippen molar-refractivity contribution in [2.24, 2.45) is 0 Å². The molecule has 0 atom stereocenters. The molecule has 1 amide bonds. The first-order valence-electron chi connectivity index (χ1n) is 9.22. The Morgan fingerprint density at radius 1 is 0.938 bits per heavy atom. The van der Waals surface area contributed by atoms with Crippen LogP contribution in [-0.2, 0) is 0 Å². The third-order valence-electron chi connectivity index (χ3n) is 4.56. The number of carbonyl (C=O) groups is 1. The zero-order valence-corrected chi connectivity index (χ0v) is 20.0. The lowest BCUT2D eigenvalue weighted by Crippen LogP contribution is -2.34. The van der Waals surface area contributed by atoms with Crippen molar-refractivity contribution in [3.8, 4) is 11.1 Å². The number of thiocarbonyl (C=S) groups is 1. The maximum Gasteiger partial charge on any atom is 0.344 e. The fourth-order valence-electron chi connectivity index (χ4n) is 3.07. The summed E-state index contributed by atoms with van der Waals surface area (Å²) >= 11 is 21.1. The first-order valence-corrected chi connectivity index (χ1v) is 11.2. The molecule has 160 valence electrons. The van der Waals surface area contributed by atoms with E-state index in [1.165, 1.54) is 0 Å². The number of hydrogen-bond donors (Lipinski definition) is 2. The highest BCUT2D eigenvalue weighted by Gasteiger charge is 2.14. The van der Waals surface area contributed by atoms with Gasteiger partial charge in [0, 0.05) is 21.1 Å². The molecule has 4 aromatic rings. The molecule has 9 heteroatoms. The third-order valence-corrected chi connectivity index (χ3v) is 5.90. The van der Waals surface area contributed by atoms with Gasteiger partial charge in [0.25, 0.3) is 5.91 Å². The number of hydrogen-bond acceptors (Lipinski definition) is 4. The molecule has 0 saturated heterocycles. The molecule has 0 aliphatic carbocycles. The van der Waals surface area contributed by atoms with Gasteiger partial charge in [0.05, 0.1) is 21.2 Å². The normalized spacial score (nSPS) is 10.7. The zero-order valence-electron chi connectivity index (χ0n) is 16.1. The van der Waals surface area contributed by atoms with E-state index in [0.29, 0.717) is 36.9 Å². The Bertz CT molecular complexity index is 1440. The van der Waals surface area contributed by atoms with E-state index in [1.54, 1.807) is 54.6 Å². The minimum Gasteiger partial charge on any atom is -0.422 e. The van der Waals surface area contributed by atoms with Gasteiger partial charge in [0.1, 0.15) is 5.58 Å². The lowest BCUT2D eigenvalue weighted by Gasteiger charge is -2.12. The molecule has 5 nitrogen and oxygen atoms in total. The van der Waals surface area contributed by atoms with E-state index in [0.717, 1.165) is 5.39 Å². The Morgan fingerprint density at radius 3 is 2.50 bits per heavy atom. The second kappa shape index (κ2) is 9.42. The number of rotatable bonds is 3. The summed E-state index contributed by atoms with van der Waals surface area (Å²) < 4.78 is 6.10. The quantitative estimate of drug-likeness (QED) is 0.222. The van der Waals surface area contributed by atoms with E-state index < -0.39 is 11.5 Å². The summed E-state index contributed by atoms with van der Waals surface area (Å²) in [5.74, 6) is -0.453. The smallest absolute Gasteiger partial charge is 0.344 e. The molecule has 0 aliphatic heterocycles. The van der Waals surface area contributed by atoms with E-state index in [-0.39, 0.29) is 10.7 Å². The molecular weight excluding hydrogens is 535 g/mol. The van der Waals surface area contributed by atoms with Crippen molar-refractivity contribution in [3.05, 3.63) is 97.2 Å². The molecule has 1 heterocycles. The van der Waals surface area contributed by atoms with Crippen LogP contribution in [0.1, 0.15) is 10.4 Å². The van der Waals surface area contributed by atoms with Gasteiger partial charge >= 0.3 is 5.63 Å².